The Morgan fingerprint density at radius 2 is 1.80 bits per heavy atom. The van der Waals surface area contributed by atoms with E-state index in [4.69, 9.17) is 9.47 Å². The molecule has 0 spiro atoms. The Morgan fingerprint density at radius 3 is 2.43 bits per heavy atom. The number of hydrogen-bond donors (Lipinski definition) is 3. The van der Waals surface area contributed by atoms with Crippen LogP contribution in [0.3, 0.4) is 0 Å². The first-order chi connectivity index (χ1) is 25.8. The Morgan fingerprint density at radius 1 is 1.07 bits per heavy atom. The van der Waals surface area contributed by atoms with Crippen molar-refractivity contribution in [2.45, 2.75) is 117 Å². The molecular weight excluding hydrogens is 686 g/mol. The molecule has 0 saturated carbocycles. The standard InChI is InChI=1S/C41H63N7O6/c1-11-26(6)36(47(9)41(51)35(25(4)5)45-39(50)34(42-8)24(2)3)33-22-32(40(46-52)54-33)48-21-13-16-31(48)37(53-10)27(7)38(49)44-20-17-28-14-12-15-29-23-43-19-18-30(28)29/h12,14-15,18-19,23-27,31,33-37,42H,11,13,16-17,20-22H2,1-10H3,(H,44,49)(H,45,50)/t26-,27+,31-,33+,34-,35-,36?,37+/m0/s1. The molecule has 13 heteroatoms. The molecule has 0 radical (unpaired) electrons. The summed E-state index contributed by atoms with van der Waals surface area (Å²) in [6, 6.07) is 6.34. The van der Waals surface area contributed by atoms with Gasteiger partial charge in [0.2, 0.25) is 17.7 Å². The SMILES string of the molecule is CC[C@H](C)C([C@H]1CC(N2CCC[C@H]2[C@H](OC)[C@@H](C)C(=O)NCCc2cccc3cnccc23)=C(N=O)O1)N(C)C(=O)[C@@H](NC(=O)[C@@H](NC)C(C)C)C(C)C. The van der Waals surface area contributed by atoms with Gasteiger partial charge >= 0.3 is 0 Å². The number of carbonyl (C=O) groups excluding carboxylic acids is 3. The zero-order valence-corrected chi connectivity index (χ0v) is 33.9. The average molecular weight is 750 g/mol. The second-order valence-electron chi connectivity index (χ2n) is 15.7. The number of nitrogens with one attached hydrogen (secondary N) is 3. The second-order valence-corrected chi connectivity index (χ2v) is 15.7. The van der Waals surface area contributed by atoms with Gasteiger partial charge in [-0.3, -0.25) is 19.4 Å². The number of likely N-dealkylation sites (tertiary alicyclic amines) is 1. The number of hydrogen-bond acceptors (Lipinski definition) is 10. The summed E-state index contributed by atoms with van der Waals surface area (Å²) < 4.78 is 12.4. The van der Waals surface area contributed by atoms with E-state index in [0.29, 0.717) is 31.6 Å². The van der Waals surface area contributed by atoms with Crippen LogP contribution >= 0.6 is 0 Å². The van der Waals surface area contributed by atoms with Crippen molar-refractivity contribution in [3.8, 4) is 0 Å². The van der Waals surface area contributed by atoms with E-state index >= 15 is 0 Å². The zero-order chi connectivity index (χ0) is 39.7. The molecular formula is C41H63N7O6. The van der Waals surface area contributed by atoms with Crippen LogP contribution in [0.25, 0.3) is 10.8 Å². The largest absolute Gasteiger partial charge is 0.468 e. The summed E-state index contributed by atoms with van der Waals surface area (Å²) in [5.41, 5.74) is 1.82. The molecule has 298 valence electrons. The highest BCUT2D eigenvalue weighted by atomic mass is 16.5. The fourth-order valence-corrected chi connectivity index (χ4v) is 8.37. The highest BCUT2D eigenvalue weighted by Gasteiger charge is 2.46. The predicted molar refractivity (Wildman–Crippen MR) is 211 cm³/mol. The van der Waals surface area contributed by atoms with Crippen LogP contribution in [0.15, 0.2) is 53.4 Å². The number of benzene rings is 1. The van der Waals surface area contributed by atoms with Crippen molar-refractivity contribution in [1.29, 1.82) is 0 Å². The summed E-state index contributed by atoms with van der Waals surface area (Å²) in [5.74, 6) is -1.11. The van der Waals surface area contributed by atoms with Gasteiger partial charge in [0.25, 0.3) is 5.88 Å². The third-order valence-corrected chi connectivity index (χ3v) is 11.5. The number of ether oxygens (including phenoxy) is 2. The molecule has 13 nitrogen and oxygen atoms in total. The number of nitroso groups, excluding NO2 is 1. The number of rotatable bonds is 19. The summed E-state index contributed by atoms with van der Waals surface area (Å²) >= 11 is 0. The molecule has 3 amide bonds. The number of fused-ring (bicyclic) bond motifs is 1. The van der Waals surface area contributed by atoms with Crippen LogP contribution in [-0.4, -0.2) is 103 Å². The molecule has 1 aromatic heterocycles. The lowest BCUT2D eigenvalue weighted by atomic mass is 9.89. The smallest absolute Gasteiger partial charge is 0.275 e. The Labute approximate surface area is 321 Å². The number of nitrogens with zero attached hydrogens (tertiary/aromatic N) is 4. The molecule has 1 fully saturated rings. The van der Waals surface area contributed by atoms with Crippen LogP contribution in [0.1, 0.15) is 79.7 Å². The Kier molecular flexibility index (Phi) is 15.4. The normalized spacial score (nSPS) is 20.7. The second kappa shape index (κ2) is 19.5. The van der Waals surface area contributed by atoms with Gasteiger partial charge in [0, 0.05) is 56.6 Å². The average Bonchev–Trinajstić information content (AvgIpc) is 3.81. The van der Waals surface area contributed by atoms with E-state index in [1.807, 2.05) is 59.0 Å². The number of pyridine rings is 1. The van der Waals surface area contributed by atoms with E-state index in [2.05, 4.69) is 50.9 Å². The first kappa shape index (κ1) is 42.6. The van der Waals surface area contributed by atoms with Crippen molar-refractivity contribution in [3.05, 3.63) is 58.7 Å². The number of likely N-dealkylation sites (N-methyl/N-ethyl adjacent to an activating group) is 2. The molecule has 3 heterocycles. The van der Waals surface area contributed by atoms with Gasteiger partial charge < -0.3 is 35.2 Å². The number of aromatic nitrogens is 1. The summed E-state index contributed by atoms with van der Waals surface area (Å²) in [7, 11) is 5.12. The van der Waals surface area contributed by atoms with E-state index in [-0.39, 0.29) is 47.4 Å². The van der Waals surface area contributed by atoms with Gasteiger partial charge in [-0.15, -0.1) is 4.91 Å². The lowest BCUT2D eigenvalue weighted by Crippen LogP contribution is -2.59. The van der Waals surface area contributed by atoms with Crippen LogP contribution in [0, 0.1) is 28.6 Å². The van der Waals surface area contributed by atoms with Crippen molar-refractivity contribution in [1.82, 2.24) is 30.7 Å². The first-order valence-electron chi connectivity index (χ1n) is 19.7. The topological polar surface area (TPSA) is 155 Å². The molecule has 4 rings (SSSR count). The lowest BCUT2D eigenvalue weighted by Gasteiger charge is -2.39. The van der Waals surface area contributed by atoms with Crippen molar-refractivity contribution >= 4 is 28.5 Å². The summed E-state index contributed by atoms with van der Waals surface area (Å²) in [4.78, 5) is 61.4. The van der Waals surface area contributed by atoms with E-state index in [9.17, 15) is 19.3 Å². The zero-order valence-electron chi connectivity index (χ0n) is 33.9. The molecule has 1 saturated heterocycles. The monoisotopic (exact) mass is 749 g/mol. The minimum Gasteiger partial charge on any atom is -0.468 e. The van der Waals surface area contributed by atoms with Crippen LogP contribution in [0.5, 0.6) is 0 Å². The third kappa shape index (κ3) is 9.57. The summed E-state index contributed by atoms with van der Waals surface area (Å²) in [6.45, 7) is 14.9. The van der Waals surface area contributed by atoms with Gasteiger partial charge in [-0.2, -0.15) is 0 Å². The number of carbonyl (C=O) groups is 3. The fraction of sp³-hybridized carbons (Fsp3) is 0.659. The van der Waals surface area contributed by atoms with Crippen molar-refractivity contribution in [2.24, 2.45) is 28.8 Å². The highest BCUT2D eigenvalue weighted by Crippen LogP contribution is 2.39. The van der Waals surface area contributed by atoms with Crippen LogP contribution in [0.4, 0.5) is 0 Å². The molecule has 54 heavy (non-hydrogen) atoms. The molecule has 0 aliphatic carbocycles. The molecule has 1 unspecified atom stereocenters. The maximum absolute atomic E-state index is 14.2. The number of methoxy groups -OCH3 is 1. The van der Waals surface area contributed by atoms with Crippen molar-refractivity contribution < 1.29 is 23.9 Å². The lowest BCUT2D eigenvalue weighted by molar-refractivity contribution is -0.142. The van der Waals surface area contributed by atoms with Crippen LogP contribution in [0.2, 0.25) is 0 Å². The Bertz CT molecular complexity index is 1630. The van der Waals surface area contributed by atoms with Crippen LogP contribution < -0.4 is 16.0 Å². The molecule has 3 N–H and O–H groups in total. The quantitative estimate of drug-likeness (QED) is 0.169. The number of amides is 3. The van der Waals surface area contributed by atoms with E-state index < -0.39 is 36.3 Å². The summed E-state index contributed by atoms with van der Waals surface area (Å²) in [6.07, 6.45) is 6.07. The minimum absolute atomic E-state index is 0.01000. The van der Waals surface area contributed by atoms with Crippen LogP contribution in [-0.2, 0) is 30.3 Å². The third-order valence-electron chi connectivity index (χ3n) is 11.5. The molecule has 2 aromatic rings. The van der Waals surface area contributed by atoms with Crippen molar-refractivity contribution in [2.75, 3.05) is 34.3 Å². The Balaban J connectivity index is 1.48. The first-order valence-corrected chi connectivity index (χ1v) is 19.7. The maximum atomic E-state index is 14.2. The fourth-order valence-electron chi connectivity index (χ4n) is 8.37. The van der Waals surface area contributed by atoms with Gasteiger partial charge in [0.15, 0.2) is 0 Å². The maximum Gasteiger partial charge on any atom is 0.275 e. The molecule has 0 bridgehead atoms. The minimum atomic E-state index is -0.747. The van der Waals surface area contributed by atoms with E-state index in [0.717, 1.165) is 35.6 Å². The van der Waals surface area contributed by atoms with Crippen molar-refractivity contribution in [3.63, 3.8) is 0 Å². The van der Waals surface area contributed by atoms with E-state index in [1.165, 1.54) is 0 Å². The van der Waals surface area contributed by atoms with Gasteiger partial charge in [-0.25, -0.2) is 0 Å². The highest BCUT2D eigenvalue weighted by molar-refractivity contribution is 5.90. The van der Waals surface area contributed by atoms with Gasteiger partial charge in [-0.1, -0.05) is 73.1 Å². The molecule has 2 aliphatic heterocycles. The molecule has 2 aliphatic rings. The van der Waals surface area contributed by atoms with Gasteiger partial charge in [0.1, 0.15) is 12.1 Å². The summed E-state index contributed by atoms with van der Waals surface area (Å²) in [5, 5.41) is 14.7. The Hall–Kier alpha value is -4.10. The van der Waals surface area contributed by atoms with Gasteiger partial charge in [-0.05, 0) is 61.1 Å². The van der Waals surface area contributed by atoms with Gasteiger partial charge in [0.05, 0.1) is 35.8 Å². The van der Waals surface area contributed by atoms with E-state index in [1.54, 1.807) is 32.3 Å². The molecule has 8 atom stereocenters. The predicted octanol–water partition coefficient (Wildman–Crippen LogP) is 4.99. The molecule has 1 aromatic carbocycles.